The largest absolute Gasteiger partial charge is 0.481 e. The van der Waals surface area contributed by atoms with Crippen molar-refractivity contribution in [2.45, 2.75) is 111 Å². The van der Waals surface area contributed by atoms with E-state index in [0.717, 1.165) is 19.3 Å². The van der Waals surface area contributed by atoms with E-state index in [-0.39, 0.29) is 18.2 Å². The van der Waals surface area contributed by atoms with Gasteiger partial charge in [0.15, 0.2) is 0 Å². The number of nitrogens with zero attached hydrogens (tertiary/aromatic N) is 1. The molecule has 0 aromatic heterocycles. The summed E-state index contributed by atoms with van der Waals surface area (Å²) in [5.74, 6) is -1.21. The summed E-state index contributed by atoms with van der Waals surface area (Å²) in [5.41, 5.74) is 0. The summed E-state index contributed by atoms with van der Waals surface area (Å²) in [6.07, 6.45) is 20.1. The van der Waals surface area contributed by atoms with Crippen molar-refractivity contribution in [1.82, 2.24) is 4.90 Å². The number of unbranched alkanes of at least 4 members (excludes halogenated alkanes) is 10. The second kappa shape index (κ2) is 19.0. The number of carboxylic acids is 1. The summed E-state index contributed by atoms with van der Waals surface area (Å²) in [6, 6.07) is 0. The minimum atomic E-state index is -0.869. The molecular weight excluding hydrogens is 350 g/mol. The fraction of sp³-hybridized carbons (Fsp3) is 0.833. The Morgan fingerprint density at radius 2 is 1.29 bits per heavy atom. The van der Waals surface area contributed by atoms with Gasteiger partial charge < -0.3 is 10.0 Å². The standard InChI is InChI=1S/C24H45NO3/c1-4-7-8-9-10-11-12-13-14-15-16-17-18-19-20-22(21-23(26)27)24(28)25(5-2)6-3/h7-8,22H,4-6,9-21H2,1-3H3,(H,26,27)/b8-7+. The average Bonchev–Trinajstić information content (AvgIpc) is 2.67. The van der Waals surface area contributed by atoms with Crippen LogP contribution < -0.4 is 0 Å². The molecule has 0 aliphatic carbocycles. The van der Waals surface area contributed by atoms with Crippen LogP contribution in [0.3, 0.4) is 0 Å². The maximum atomic E-state index is 12.5. The minimum Gasteiger partial charge on any atom is -0.481 e. The Hall–Kier alpha value is -1.32. The van der Waals surface area contributed by atoms with Crippen molar-refractivity contribution >= 4 is 11.9 Å². The number of allylic oxidation sites excluding steroid dienone is 2. The SMILES string of the molecule is CC/C=C/CCCCCCCCCCCCC(CC(=O)O)C(=O)N(CC)CC. The summed E-state index contributed by atoms with van der Waals surface area (Å²) in [7, 11) is 0. The van der Waals surface area contributed by atoms with Gasteiger partial charge in [-0.15, -0.1) is 0 Å². The average molecular weight is 396 g/mol. The van der Waals surface area contributed by atoms with Gasteiger partial charge in [-0.05, 0) is 39.5 Å². The van der Waals surface area contributed by atoms with Crippen LogP contribution in [0.4, 0.5) is 0 Å². The first-order valence-corrected chi connectivity index (χ1v) is 11.7. The lowest BCUT2D eigenvalue weighted by Gasteiger charge is -2.24. The molecule has 164 valence electrons. The van der Waals surface area contributed by atoms with Crippen LogP contribution in [-0.2, 0) is 9.59 Å². The van der Waals surface area contributed by atoms with E-state index >= 15 is 0 Å². The van der Waals surface area contributed by atoms with Gasteiger partial charge in [0.2, 0.25) is 5.91 Å². The van der Waals surface area contributed by atoms with Crippen LogP contribution in [-0.4, -0.2) is 35.0 Å². The topological polar surface area (TPSA) is 57.6 Å². The number of hydrogen-bond acceptors (Lipinski definition) is 2. The predicted octanol–water partition coefficient (Wildman–Crippen LogP) is 6.59. The van der Waals surface area contributed by atoms with E-state index in [1.165, 1.54) is 57.8 Å². The van der Waals surface area contributed by atoms with E-state index in [2.05, 4.69) is 19.1 Å². The second-order valence-corrected chi connectivity index (χ2v) is 7.80. The lowest BCUT2D eigenvalue weighted by atomic mass is 9.95. The van der Waals surface area contributed by atoms with Crippen molar-refractivity contribution in [3.05, 3.63) is 12.2 Å². The summed E-state index contributed by atoms with van der Waals surface area (Å²) >= 11 is 0. The third-order valence-electron chi connectivity index (χ3n) is 5.42. The van der Waals surface area contributed by atoms with E-state index < -0.39 is 5.97 Å². The molecule has 0 aromatic carbocycles. The van der Waals surface area contributed by atoms with Gasteiger partial charge in [0.05, 0.1) is 6.42 Å². The van der Waals surface area contributed by atoms with Crippen molar-refractivity contribution in [3.63, 3.8) is 0 Å². The molecule has 0 aromatic rings. The highest BCUT2D eigenvalue weighted by Gasteiger charge is 2.24. The third kappa shape index (κ3) is 14.7. The molecular formula is C24H45NO3. The number of carboxylic acid groups (broad SMARTS) is 1. The van der Waals surface area contributed by atoms with Crippen molar-refractivity contribution in [1.29, 1.82) is 0 Å². The number of aliphatic carboxylic acids is 1. The Kier molecular flexibility index (Phi) is 18.1. The number of amides is 1. The first-order chi connectivity index (χ1) is 13.6. The molecule has 1 N–H and O–H groups in total. The monoisotopic (exact) mass is 395 g/mol. The molecule has 4 nitrogen and oxygen atoms in total. The molecule has 1 unspecified atom stereocenters. The van der Waals surface area contributed by atoms with Gasteiger partial charge in [0.25, 0.3) is 0 Å². The quantitative estimate of drug-likeness (QED) is 0.198. The van der Waals surface area contributed by atoms with Crippen LogP contribution in [0.25, 0.3) is 0 Å². The highest BCUT2D eigenvalue weighted by Crippen LogP contribution is 2.19. The molecule has 0 radical (unpaired) electrons. The van der Waals surface area contributed by atoms with Crippen LogP contribution in [0.2, 0.25) is 0 Å². The summed E-state index contributed by atoms with van der Waals surface area (Å²) < 4.78 is 0. The molecule has 0 saturated heterocycles. The van der Waals surface area contributed by atoms with Gasteiger partial charge in [-0.2, -0.15) is 0 Å². The summed E-state index contributed by atoms with van der Waals surface area (Å²) in [6.45, 7) is 7.38. The molecule has 0 fully saturated rings. The van der Waals surface area contributed by atoms with Crippen LogP contribution in [0.15, 0.2) is 12.2 Å². The molecule has 28 heavy (non-hydrogen) atoms. The van der Waals surface area contributed by atoms with E-state index in [4.69, 9.17) is 5.11 Å². The fourth-order valence-electron chi connectivity index (χ4n) is 3.67. The fourth-order valence-corrected chi connectivity index (χ4v) is 3.67. The van der Waals surface area contributed by atoms with Gasteiger partial charge >= 0.3 is 5.97 Å². The Labute approximate surface area is 173 Å². The molecule has 0 rings (SSSR count). The van der Waals surface area contributed by atoms with Gasteiger partial charge in [-0.1, -0.05) is 76.9 Å². The molecule has 0 saturated carbocycles. The Balaban J connectivity index is 3.73. The van der Waals surface area contributed by atoms with Crippen LogP contribution >= 0.6 is 0 Å². The molecule has 0 aliphatic heterocycles. The number of rotatable bonds is 19. The maximum Gasteiger partial charge on any atom is 0.304 e. The highest BCUT2D eigenvalue weighted by molar-refractivity contribution is 5.83. The number of carbonyl (C=O) groups is 2. The number of carbonyl (C=O) groups excluding carboxylic acids is 1. The second-order valence-electron chi connectivity index (χ2n) is 7.80. The molecule has 0 spiro atoms. The molecule has 0 aliphatic rings. The lowest BCUT2D eigenvalue weighted by Crippen LogP contribution is -2.36. The Bertz CT molecular complexity index is 416. The van der Waals surface area contributed by atoms with E-state index in [1.807, 2.05) is 13.8 Å². The third-order valence-corrected chi connectivity index (χ3v) is 5.42. The van der Waals surface area contributed by atoms with Crippen LogP contribution in [0, 0.1) is 5.92 Å². The molecule has 1 atom stereocenters. The zero-order valence-electron chi connectivity index (χ0n) is 18.8. The highest BCUT2D eigenvalue weighted by atomic mass is 16.4. The molecule has 0 heterocycles. The minimum absolute atomic E-state index is 0.0117. The van der Waals surface area contributed by atoms with E-state index in [0.29, 0.717) is 19.5 Å². The summed E-state index contributed by atoms with van der Waals surface area (Å²) in [4.78, 5) is 25.3. The van der Waals surface area contributed by atoms with Gasteiger partial charge in [0, 0.05) is 19.0 Å². The zero-order valence-corrected chi connectivity index (χ0v) is 18.8. The first kappa shape index (κ1) is 26.7. The lowest BCUT2D eigenvalue weighted by molar-refractivity contribution is -0.144. The van der Waals surface area contributed by atoms with Crippen molar-refractivity contribution in [2.24, 2.45) is 5.92 Å². The van der Waals surface area contributed by atoms with Crippen LogP contribution in [0.5, 0.6) is 0 Å². The predicted molar refractivity (Wildman–Crippen MR) is 119 cm³/mol. The molecule has 4 heteroatoms. The normalized spacial score (nSPS) is 12.4. The van der Waals surface area contributed by atoms with Crippen molar-refractivity contribution in [3.8, 4) is 0 Å². The van der Waals surface area contributed by atoms with Crippen LogP contribution in [0.1, 0.15) is 111 Å². The van der Waals surface area contributed by atoms with Gasteiger partial charge in [0.1, 0.15) is 0 Å². The molecule has 0 bridgehead atoms. The Morgan fingerprint density at radius 1 is 0.786 bits per heavy atom. The smallest absolute Gasteiger partial charge is 0.304 e. The van der Waals surface area contributed by atoms with E-state index in [9.17, 15) is 9.59 Å². The summed E-state index contributed by atoms with van der Waals surface area (Å²) in [5, 5.41) is 9.10. The van der Waals surface area contributed by atoms with Crippen molar-refractivity contribution < 1.29 is 14.7 Å². The van der Waals surface area contributed by atoms with E-state index in [1.54, 1.807) is 4.90 Å². The zero-order chi connectivity index (χ0) is 21.0. The molecule has 1 amide bonds. The maximum absolute atomic E-state index is 12.5. The first-order valence-electron chi connectivity index (χ1n) is 11.7. The van der Waals surface area contributed by atoms with Gasteiger partial charge in [-0.25, -0.2) is 0 Å². The van der Waals surface area contributed by atoms with Crippen molar-refractivity contribution in [2.75, 3.05) is 13.1 Å². The van der Waals surface area contributed by atoms with Gasteiger partial charge in [-0.3, -0.25) is 9.59 Å². The Morgan fingerprint density at radius 3 is 1.75 bits per heavy atom. The number of hydrogen-bond donors (Lipinski definition) is 1.